The zero-order chi connectivity index (χ0) is 24.0. The van der Waals surface area contributed by atoms with Gasteiger partial charge in [-0.2, -0.15) is 18.2 Å². The van der Waals surface area contributed by atoms with Crippen molar-refractivity contribution in [2.24, 2.45) is 0 Å². The van der Waals surface area contributed by atoms with E-state index >= 15 is 0 Å². The van der Waals surface area contributed by atoms with Crippen LogP contribution in [0.5, 0.6) is 0 Å². The maximum atomic E-state index is 12.7. The molecule has 3 rings (SSSR count). The summed E-state index contributed by atoms with van der Waals surface area (Å²) < 4.78 is 48.1. The molecule has 0 aliphatic rings. The first-order valence-corrected chi connectivity index (χ1v) is 9.92. The Balaban J connectivity index is 1.52. The summed E-state index contributed by atoms with van der Waals surface area (Å²) in [5.41, 5.74) is 0.622. The van der Waals surface area contributed by atoms with E-state index in [0.29, 0.717) is 12.1 Å². The van der Waals surface area contributed by atoms with Crippen molar-refractivity contribution < 1.29 is 32.0 Å². The Morgan fingerprint density at radius 1 is 1.06 bits per heavy atom. The van der Waals surface area contributed by atoms with E-state index in [0.717, 1.165) is 17.7 Å². The number of benzene rings is 2. The molecule has 3 aromatic rings. The number of amides is 2. The molecule has 0 radical (unpaired) electrons. The fourth-order valence-corrected chi connectivity index (χ4v) is 2.70. The van der Waals surface area contributed by atoms with Crippen molar-refractivity contribution in [2.75, 3.05) is 0 Å². The molecule has 0 saturated carbocycles. The first-order chi connectivity index (χ1) is 15.6. The molecule has 33 heavy (non-hydrogen) atoms. The van der Waals surface area contributed by atoms with E-state index < -0.39 is 17.7 Å². The van der Waals surface area contributed by atoms with Crippen LogP contribution in [0.25, 0.3) is 11.4 Å². The molecule has 0 spiro atoms. The third-order valence-corrected chi connectivity index (χ3v) is 4.33. The number of esters is 1. The van der Waals surface area contributed by atoms with Crippen LogP contribution in [-0.2, 0) is 24.1 Å². The second kappa shape index (κ2) is 10.2. The van der Waals surface area contributed by atoms with Crippen LogP contribution in [0.15, 0.2) is 53.1 Å². The molecule has 8 nitrogen and oxygen atoms in total. The Labute approximate surface area is 187 Å². The second-order valence-corrected chi connectivity index (χ2v) is 7.34. The zero-order valence-electron chi connectivity index (χ0n) is 17.8. The number of hydrogen-bond acceptors (Lipinski definition) is 6. The average molecular weight is 462 g/mol. The van der Waals surface area contributed by atoms with Gasteiger partial charge in [-0.1, -0.05) is 29.4 Å². The first kappa shape index (κ1) is 23.8. The lowest BCUT2D eigenvalue weighted by Gasteiger charge is -2.10. The largest absolute Gasteiger partial charge is 0.452 e. The van der Waals surface area contributed by atoms with Gasteiger partial charge in [0.15, 0.2) is 6.61 Å². The van der Waals surface area contributed by atoms with Crippen LogP contribution in [0.3, 0.4) is 0 Å². The van der Waals surface area contributed by atoms with E-state index in [1.165, 1.54) is 12.1 Å². The molecule has 2 aromatic carbocycles. The molecule has 174 valence electrons. The Bertz CT molecular complexity index is 1090. The van der Waals surface area contributed by atoms with E-state index in [-0.39, 0.29) is 36.0 Å². The lowest BCUT2D eigenvalue weighted by atomic mass is 10.1. The Hall–Kier alpha value is -3.89. The Morgan fingerprint density at radius 3 is 2.33 bits per heavy atom. The SMILES string of the molecule is CC(C)NC(=O)NCc1ccc(C(=O)OCc2nc(-c3ccc(C(F)(F)F)cc3)no2)cc1. The van der Waals surface area contributed by atoms with Crippen LogP contribution in [0, 0.1) is 0 Å². The summed E-state index contributed by atoms with van der Waals surface area (Å²) in [6.45, 7) is 3.70. The molecule has 2 amide bonds. The second-order valence-electron chi connectivity index (χ2n) is 7.34. The van der Waals surface area contributed by atoms with Crippen LogP contribution in [0.4, 0.5) is 18.0 Å². The minimum atomic E-state index is -4.44. The van der Waals surface area contributed by atoms with E-state index in [9.17, 15) is 22.8 Å². The van der Waals surface area contributed by atoms with Gasteiger partial charge >= 0.3 is 18.2 Å². The van der Waals surface area contributed by atoms with Gasteiger partial charge in [-0.15, -0.1) is 0 Å². The number of nitrogens with zero attached hydrogens (tertiary/aromatic N) is 2. The summed E-state index contributed by atoms with van der Waals surface area (Å²) in [5.74, 6) is -0.551. The molecule has 2 N–H and O–H groups in total. The van der Waals surface area contributed by atoms with Gasteiger partial charge in [-0.25, -0.2) is 9.59 Å². The van der Waals surface area contributed by atoms with Gasteiger partial charge in [0, 0.05) is 18.2 Å². The molecular formula is C22H21F3N4O4. The summed E-state index contributed by atoms with van der Waals surface area (Å²) in [6, 6.07) is 10.5. The van der Waals surface area contributed by atoms with Crippen LogP contribution in [-0.4, -0.2) is 28.2 Å². The number of alkyl halides is 3. The van der Waals surface area contributed by atoms with Crippen LogP contribution < -0.4 is 10.6 Å². The van der Waals surface area contributed by atoms with Gasteiger partial charge < -0.3 is 19.9 Å². The molecule has 0 unspecified atom stereocenters. The van der Waals surface area contributed by atoms with Gasteiger partial charge in [0.2, 0.25) is 5.82 Å². The van der Waals surface area contributed by atoms with Gasteiger partial charge in [0.05, 0.1) is 11.1 Å². The van der Waals surface area contributed by atoms with Crippen molar-refractivity contribution in [2.45, 2.75) is 39.2 Å². The number of aromatic nitrogens is 2. The van der Waals surface area contributed by atoms with Crippen molar-refractivity contribution in [1.29, 1.82) is 0 Å². The van der Waals surface area contributed by atoms with E-state index in [2.05, 4.69) is 20.8 Å². The number of ether oxygens (including phenoxy) is 1. The fourth-order valence-electron chi connectivity index (χ4n) is 2.70. The molecule has 11 heteroatoms. The lowest BCUT2D eigenvalue weighted by Crippen LogP contribution is -2.39. The quantitative estimate of drug-likeness (QED) is 0.507. The summed E-state index contributed by atoms with van der Waals surface area (Å²) in [5, 5.41) is 9.10. The molecule has 0 atom stereocenters. The fraction of sp³-hybridized carbons (Fsp3) is 0.273. The van der Waals surface area contributed by atoms with Gasteiger partial charge in [-0.3, -0.25) is 0 Å². The maximum Gasteiger partial charge on any atom is 0.416 e. The third-order valence-electron chi connectivity index (χ3n) is 4.33. The molecule has 0 saturated heterocycles. The first-order valence-electron chi connectivity index (χ1n) is 9.92. The zero-order valence-corrected chi connectivity index (χ0v) is 17.8. The number of carbonyl (C=O) groups excluding carboxylic acids is 2. The van der Waals surface area contributed by atoms with Gasteiger partial charge in [0.1, 0.15) is 0 Å². The summed E-state index contributed by atoms with van der Waals surface area (Å²) in [4.78, 5) is 27.9. The molecule has 1 aromatic heterocycles. The Kier molecular flexibility index (Phi) is 7.31. The number of rotatable bonds is 7. The van der Waals surface area contributed by atoms with E-state index in [1.807, 2.05) is 13.8 Å². The smallest absolute Gasteiger partial charge is 0.416 e. The van der Waals surface area contributed by atoms with Crippen LogP contribution in [0.2, 0.25) is 0 Å². The standard InChI is InChI=1S/C22H21F3N4O4/c1-13(2)27-21(31)26-11-14-3-5-16(6-4-14)20(30)32-12-18-28-19(29-33-18)15-7-9-17(10-8-15)22(23,24)25/h3-10,13H,11-12H2,1-2H3,(H2,26,27,31). The highest BCUT2D eigenvalue weighted by atomic mass is 19.4. The highest BCUT2D eigenvalue weighted by Gasteiger charge is 2.30. The van der Waals surface area contributed by atoms with E-state index in [1.54, 1.807) is 24.3 Å². The monoisotopic (exact) mass is 462 g/mol. The van der Waals surface area contributed by atoms with Crippen molar-refractivity contribution in [1.82, 2.24) is 20.8 Å². The predicted octanol–water partition coefficient (Wildman–Crippen LogP) is 4.32. The number of urea groups is 1. The molecule has 1 heterocycles. The predicted molar refractivity (Wildman–Crippen MR) is 111 cm³/mol. The summed E-state index contributed by atoms with van der Waals surface area (Å²) >= 11 is 0. The van der Waals surface area contributed by atoms with Gasteiger partial charge in [0.25, 0.3) is 5.89 Å². The summed E-state index contributed by atoms with van der Waals surface area (Å²) in [6.07, 6.45) is -4.44. The normalized spacial score (nSPS) is 11.3. The minimum absolute atomic E-state index is 0.00441. The maximum absolute atomic E-state index is 12.7. The van der Waals surface area contributed by atoms with Crippen molar-refractivity contribution in [3.63, 3.8) is 0 Å². The number of halogens is 3. The minimum Gasteiger partial charge on any atom is -0.452 e. The molecule has 0 bridgehead atoms. The number of carbonyl (C=O) groups is 2. The molecule has 0 aliphatic carbocycles. The molecular weight excluding hydrogens is 441 g/mol. The number of nitrogens with one attached hydrogen (secondary N) is 2. The third kappa shape index (κ3) is 6.79. The average Bonchev–Trinajstić information content (AvgIpc) is 3.24. The number of hydrogen-bond donors (Lipinski definition) is 2. The Morgan fingerprint density at radius 2 is 1.73 bits per heavy atom. The molecule has 0 fully saturated rings. The lowest BCUT2D eigenvalue weighted by molar-refractivity contribution is -0.137. The van der Waals surface area contributed by atoms with Crippen molar-refractivity contribution in [3.8, 4) is 11.4 Å². The van der Waals surface area contributed by atoms with Crippen LogP contribution >= 0.6 is 0 Å². The van der Waals surface area contributed by atoms with Crippen LogP contribution in [0.1, 0.15) is 41.2 Å². The van der Waals surface area contributed by atoms with Crippen molar-refractivity contribution in [3.05, 3.63) is 71.1 Å². The highest BCUT2D eigenvalue weighted by Crippen LogP contribution is 2.30. The topological polar surface area (TPSA) is 106 Å². The van der Waals surface area contributed by atoms with E-state index in [4.69, 9.17) is 9.26 Å². The van der Waals surface area contributed by atoms with Crippen molar-refractivity contribution >= 4 is 12.0 Å². The molecule has 0 aliphatic heterocycles. The van der Waals surface area contributed by atoms with Gasteiger partial charge in [-0.05, 0) is 43.7 Å². The highest BCUT2D eigenvalue weighted by molar-refractivity contribution is 5.89. The summed E-state index contributed by atoms with van der Waals surface area (Å²) in [7, 11) is 0.